The summed E-state index contributed by atoms with van der Waals surface area (Å²) in [6.45, 7) is 1.64. The Labute approximate surface area is 106 Å². The molecule has 3 rings (SSSR count). The molecule has 6 heteroatoms. The number of sulfonamides is 1. The van der Waals surface area contributed by atoms with Crippen molar-refractivity contribution in [3.63, 3.8) is 0 Å². The zero-order chi connectivity index (χ0) is 12.6. The smallest absolute Gasteiger partial charge is 0.263 e. The lowest BCUT2D eigenvalue weighted by molar-refractivity contribution is 0.594. The van der Waals surface area contributed by atoms with E-state index in [-0.39, 0.29) is 0 Å². The van der Waals surface area contributed by atoms with Gasteiger partial charge in [0.1, 0.15) is 5.84 Å². The van der Waals surface area contributed by atoms with Crippen molar-refractivity contribution in [2.45, 2.75) is 23.8 Å². The minimum Gasteiger partial charge on any atom is -0.312 e. The van der Waals surface area contributed by atoms with Crippen LogP contribution in [0, 0.1) is 0 Å². The summed E-state index contributed by atoms with van der Waals surface area (Å²) in [7, 11) is -3.40. The van der Waals surface area contributed by atoms with E-state index in [1.807, 2.05) is 6.07 Å². The van der Waals surface area contributed by atoms with E-state index in [0.29, 0.717) is 28.9 Å². The second-order valence-electron chi connectivity index (χ2n) is 4.58. The van der Waals surface area contributed by atoms with E-state index in [2.05, 4.69) is 15.0 Å². The van der Waals surface area contributed by atoms with E-state index < -0.39 is 10.0 Å². The van der Waals surface area contributed by atoms with Crippen molar-refractivity contribution in [2.24, 2.45) is 4.99 Å². The van der Waals surface area contributed by atoms with Crippen LogP contribution in [0.2, 0.25) is 0 Å². The summed E-state index contributed by atoms with van der Waals surface area (Å²) in [6.07, 6.45) is 2.27. The first kappa shape index (κ1) is 11.7. The molecule has 18 heavy (non-hydrogen) atoms. The van der Waals surface area contributed by atoms with Gasteiger partial charge >= 0.3 is 0 Å². The van der Waals surface area contributed by atoms with Crippen LogP contribution >= 0.6 is 0 Å². The number of hydrogen-bond donors (Lipinski definition) is 2. The molecule has 0 amide bonds. The molecule has 5 nitrogen and oxygen atoms in total. The fraction of sp³-hybridized carbons (Fsp3) is 0.417. The number of aliphatic imine (C=N–C) groups is 1. The Hall–Kier alpha value is -1.40. The molecule has 1 aromatic rings. The second-order valence-corrected chi connectivity index (χ2v) is 6.24. The molecule has 2 heterocycles. The summed E-state index contributed by atoms with van der Waals surface area (Å²) in [5, 5.41) is 3.34. The minimum absolute atomic E-state index is 0.322. The molecule has 0 aromatic heterocycles. The van der Waals surface area contributed by atoms with Crippen molar-refractivity contribution in [1.82, 2.24) is 10.0 Å². The number of hydrogen-bond acceptors (Lipinski definition) is 4. The van der Waals surface area contributed by atoms with Crippen molar-refractivity contribution < 1.29 is 8.42 Å². The molecule has 1 aromatic carbocycles. The third-order valence-corrected chi connectivity index (χ3v) is 4.69. The fourth-order valence-corrected chi connectivity index (χ4v) is 3.62. The van der Waals surface area contributed by atoms with E-state index in [1.54, 1.807) is 18.2 Å². The first-order valence-corrected chi connectivity index (χ1v) is 7.55. The zero-order valence-electron chi connectivity index (χ0n) is 9.89. The molecular formula is C12H15N3O2S. The number of nitrogens with zero attached hydrogens (tertiary/aromatic N) is 1. The molecule has 96 valence electrons. The van der Waals surface area contributed by atoms with Gasteiger partial charge in [-0.25, -0.2) is 8.42 Å². The molecule has 0 spiro atoms. The number of benzene rings is 1. The maximum Gasteiger partial charge on any atom is 0.263 e. The van der Waals surface area contributed by atoms with Gasteiger partial charge in [-0.3, -0.25) is 9.71 Å². The molecule has 2 N–H and O–H groups in total. The molecule has 0 saturated carbocycles. The lowest BCUT2D eigenvalue weighted by atomic mass is 10.2. The van der Waals surface area contributed by atoms with Crippen molar-refractivity contribution in [1.29, 1.82) is 0 Å². The molecule has 1 saturated heterocycles. The first-order chi connectivity index (χ1) is 8.67. The van der Waals surface area contributed by atoms with Gasteiger partial charge in [-0.05, 0) is 31.5 Å². The van der Waals surface area contributed by atoms with Gasteiger partial charge in [-0.2, -0.15) is 0 Å². The van der Waals surface area contributed by atoms with Gasteiger partial charge in [-0.1, -0.05) is 12.1 Å². The quantitative estimate of drug-likeness (QED) is 0.817. The lowest BCUT2D eigenvalue weighted by Crippen LogP contribution is -2.27. The number of rotatable bonds is 2. The van der Waals surface area contributed by atoms with Crippen LogP contribution in [0.15, 0.2) is 34.2 Å². The summed E-state index contributed by atoms with van der Waals surface area (Å²) in [5.41, 5.74) is 0.676. The van der Waals surface area contributed by atoms with Gasteiger partial charge in [-0.15, -0.1) is 0 Å². The highest BCUT2D eigenvalue weighted by molar-refractivity contribution is 7.90. The van der Waals surface area contributed by atoms with Crippen LogP contribution in [0.3, 0.4) is 0 Å². The SMILES string of the molecule is O=S1(=O)NC(=NC[C@@H]2CCCN2)c2ccccc21. The molecule has 2 aliphatic rings. The summed E-state index contributed by atoms with van der Waals surface area (Å²) >= 11 is 0. The fourth-order valence-electron chi connectivity index (χ4n) is 2.37. The van der Waals surface area contributed by atoms with Crippen molar-refractivity contribution in [3.05, 3.63) is 29.8 Å². The van der Waals surface area contributed by atoms with E-state index >= 15 is 0 Å². The topological polar surface area (TPSA) is 70.6 Å². The average Bonchev–Trinajstić information content (AvgIpc) is 2.95. The third-order valence-electron chi connectivity index (χ3n) is 3.29. The van der Waals surface area contributed by atoms with Crippen molar-refractivity contribution in [3.8, 4) is 0 Å². The Bertz CT molecular complexity index is 589. The van der Waals surface area contributed by atoms with Crippen LogP contribution in [-0.2, 0) is 10.0 Å². The molecule has 0 bridgehead atoms. The van der Waals surface area contributed by atoms with Gasteiger partial charge in [0.25, 0.3) is 10.0 Å². The summed E-state index contributed by atoms with van der Waals surface area (Å²) < 4.78 is 26.2. The van der Waals surface area contributed by atoms with Crippen LogP contribution in [0.1, 0.15) is 18.4 Å². The van der Waals surface area contributed by atoms with Crippen LogP contribution in [-0.4, -0.2) is 33.4 Å². The van der Waals surface area contributed by atoms with Crippen molar-refractivity contribution >= 4 is 15.9 Å². The lowest BCUT2D eigenvalue weighted by Gasteiger charge is -2.06. The van der Waals surface area contributed by atoms with Crippen molar-refractivity contribution in [2.75, 3.05) is 13.1 Å². The molecule has 1 fully saturated rings. The maximum atomic E-state index is 11.9. The van der Waals surface area contributed by atoms with Gasteiger partial charge < -0.3 is 5.32 Å². The van der Waals surface area contributed by atoms with Gasteiger partial charge in [0.15, 0.2) is 0 Å². The number of nitrogens with one attached hydrogen (secondary N) is 2. The summed E-state index contributed by atoms with van der Waals surface area (Å²) in [6, 6.07) is 7.31. The van der Waals surface area contributed by atoms with Crippen LogP contribution < -0.4 is 10.0 Å². The summed E-state index contributed by atoms with van der Waals surface area (Å²) in [4.78, 5) is 4.73. The number of amidine groups is 1. The Balaban J connectivity index is 1.88. The van der Waals surface area contributed by atoms with Crippen LogP contribution in [0.5, 0.6) is 0 Å². The molecule has 1 atom stereocenters. The Kier molecular flexibility index (Phi) is 2.83. The predicted molar refractivity (Wildman–Crippen MR) is 69.2 cm³/mol. The third kappa shape index (κ3) is 2.02. The van der Waals surface area contributed by atoms with Crippen LogP contribution in [0.4, 0.5) is 0 Å². The van der Waals surface area contributed by atoms with Gasteiger partial charge in [0.05, 0.1) is 11.4 Å². The van der Waals surface area contributed by atoms with E-state index in [4.69, 9.17) is 0 Å². The average molecular weight is 265 g/mol. The second kappa shape index (κ2) is 4.37. The largest absolute Gasteiger partial charge is 0.312 e. The van der Waals surface area contributed by atoms with E-state index in [1.165, 1.54) is 0 Å². The monoisotopic (exact) mass is 265 g/mol. The normalized spacial score (nSPS) is 27.1. The Morgan fingerprint density at radius 1 is 1.33 bits per heavy atom. The Morgan fingerprint density at radius 2 is 2.17 bits per heavy atom. The maximum absolute atomic E-state index is 11.9. The molecule has 0 unspecified atom stereocenters. The first-order valence-electron chi connectivity index (χ1n) is 6.07. The Morgan fingerprint density at radius 3 is 2.94 bits per heavy atom. The molecule has 0 radical (unpaired) electrons. The standard InChI is InChI=1S/C12H15N3O2S/c16-18(17)11-6-2-1-5-10(11)12(15-18)14-8-9-4-3-7-13-9/h1-2,5-6,9,13H,3-4,7-8H2,(H,14,15)/t9-/m0/s1. The van der Waals surface area contributed by atoms with E-state index in [0.717, 1.165) is 19.4 Å². The molecular weight excluding hydrogens is 250 g/mol. The minimum atomic E-state index is -3.40. The van der Waals surface area contributed by atoms with Gasteiger partial charge in [0.2, 0.25) is 0 Å². The van der Waals surface area contributed by atoms with Gasteiger partial charge in [0, 0.05) is 11.6 Å². The number of fused-ring (bicyclic) bond motifs is 1. The summed E-state index contributed by atoms with van der Waals surface area (Å²) in [5.74, 6) is 0.472. The predicted octanol–water partition coefficient (Wildman–Crippen LogP) is 0.477. The highest BCUT2D eigenvalue weighted by atomic mass is 32.2. The molecule has 0 aliphatic carbocycles. The molecule has 2 aliphatic heterocycles. The highest BCUT2D eigenvalue weighted by Gasteiger charge is 2.30. The zero-order valence-corrected chi connectivity index (χ0v) is 10.7. The van der Waals surface area contributed by atoms with Crippen LogP contribution in [0.25, 0.3) is 0 Å². The highest BCUT2D eigenvalue weighted by Crippen LogP contribution is 2.22. The van der Waals surface area contributed by atoms with E-state index in [9.17, 15) is 8.42 Å².